The van der Waals surface area contributed by atoms with E-state index in [1.807, 2.05) is 120 Å². The fourth-order valence-corrected chi connectivity index (χ4v) is 8.30. The van der Waals surface area contributed by atoms with Crippen LogP contribution < -0.4 is 0 Å². The molecular formula is C55H28F2N8. The van der Waals surface area contributed by atoms with Crippen LogP contribution in [0, 0.1) is 57.0 Å². The first kappa shape index (κ1) is 39.5. The van der Waals surface area contributed by atoms with Crippen LogP contribution in [0.4, 0.5) is 8.78 Å². The molecule has 0 fully saturated rings. The molecule has 0 amide bonds. The summed E-state index contributed by atoms with van der Waals surface area (Å²) in [6.07, 6.45) is 0. The van der Waals surface area contributed by atoms with Crippen molar-refractivity contribution < 1.29 is 8.78 Å². The standard InChI is InChI=1S/C55H28F2N8/c56-42-23-39(24-43(57)27-42)48-28-44(15-18-47(48)55-63-53(35-7-3-1-4-8-35)62-54(64-55)36-9-5-2-6-10-36)65-51-19-13-37(45-16-11-33(29-58)21-40(45)31-60)25-49(51)50-26-38(14-20-52(50)65)46-17-12-34(30-59)22-41(46)32-61/h1-28H. The number of rotatable bonds is 7. The van der Waals surface area contributed by atoms with E-state index in [0.29, 0.717) is 67.7 Å². The highest BCUT2D eigenvalue weighted by Gasteiger charge is 2.21. The quantitative estimate of drug-likeness (QED) is 0.156. The van der Waals surface area contributed by atoms with Crippen LogP contribution in [-0.4, -0.2) is 19.5 Å². The van der Waals surface area contributed by atoms with Crippen LogP contribution in [0.5, 0.6) is 0 Å². The molecule has 0 saturated heterocycles. The van der Waals surface area contributed by atoms with Crippen molar-refractivity contribution in [2.45, 2.75) is 0 Å². The number of halogens is 2. The fourth-order valence-electron chi connectivity index (χ4n) is 8.30. The molecule has 0 bridgehead atoms. The van der Waals surface area contributed by atoms with Crippen LogP contribution in [0.25, 0.3) is 95.0 Å². The van der Waals surface area contributed by atoms with E-state index < -0.39 is 11.6 Å². The highest BCUT2D eigenvalue weighted by Crippen LogP contribution is 2.41. The molecule has 302 valence electrons. The van der Waals surface area contributed by atoms with Crippen LogP contribution in [0.1, 0.15) is 22.3 Å². The van der Waals surface area contributed by atoms with Crippen molar-refractivity contribution in [3.8, 4) is 97.5 Å². The van der Waals surface area contributed by atoms with Gasteiger partial charge in [0.2, 0.25) is 0 Å². The third-order valence-electron chi connectivity index (χ3n) is 11.3. The lowest BCUT2D eigenvalue weighted by molar-refractivity contribution is 0.584. The van der Waals surface area contributed by atoms with Gasteiger partial charge in [-0.25, -0.2) is 23.7 Å². The third-order valence-corrected chi connectivity index (χ3v) is 11.3. The normalized spacial score (nSPS) is 10.9. The van der Waals surface area contributed by atoms with Gasteiger partial charge in [-0.3, -0.25) is 0 Å². The molecule has 0 saturated carbocycles. The van der Waals surface area contributed by atoms with Crippen molar-refractivity contribution in [1.29, 1.82) is 21.0 Å². The molecule has 10 aromatic rings. The van der Waals surface area contributed by atoms with Gasteiger partial charge in [0.25, 0.3) is 0 Å². The molecular weight excluding hydrogens is 811 g/mol. The highest BCUT2D eigenvalue weighted by molar-refractivity contribution is 6.12. The SMILES string of the molecule is N#Cc1ccc(-c2ccc3c(c2)c2cc(-c4ccc(C#N)cc4C#N)ccc2n3-c2ccc(-c3nc(-c4ccccc4)nc(-c4ccccc4)n3)c(-c3cc(F)cc(F)c3)c2)c(C#N)c1. The maximum absolute atomic E-state index is 15.2. The lowest BCUT2D eigenvalue weighted by Crippen LogP contribution is -2.02. The van der Waals surface area contributed by atoms with Crippen LogP contribution in [0.2, 0.25) is 0 Å². The van der Waals surface area contributed by atoms with Crippen molar-refractivity contribution in [3.63, 3.8) is 0 Å². The van der Waals surface area contributed by atoms with Gasteiger partial charge in [0.1, 0.15) is 11.6 Å². The van der Waals surface area contributed by atoms with Gasteiger partial charge in [0, 0.05) is 39.2 Å². The number of fused-ring (bicyclic) bond motifs is 3. The van der Waals surface area contributed by atoms with Gasteiger partial charge in [-0.1, -0.05) is 84.9 Å². The van der Waals surface area contributed by atoms with Crippen molar-refractivity contribution in [3.05, 3.63) is 204 Å². The Morgan fingerprint density at radius 3 is 1.32 bits per heavy atom. The minimum Gasteiger partial charge on any atom is -0.309 e. The Labute approximate surface area is 371 Å². The monoisotopic (exact) mass is 838 g/mol. The summed E-state index contributed by atoms with van der Waals surface area (Å²) in [5, 5.41) is 41.0. The Kier molecular flexibility index (Phi) is 9.94. The summed E-state index contributed by atoms with van der Waals surface area (Å²) >= 11 is 0. The van der Waals surface area contributed by atoms with Gasteiger partial charge >= 0.3 is 0 Å². The second-order valence-electron chi connectivity index (χ2n) is 15.2. The molecule has 0 aliphatic heterocycles. The zero-order valence-corrected chi connectivity index (χ0v) is 34.0. The zero-order chi connectivity index (χ0) is 44.6. The second kappa shape index (κ2) is 16.3. The summed E-state index contributed by atoms with van der Waals surface area (Å²) in [7, 11) is 0. The molecule has 0 N–H and O–H groups in total. The summed E-state index contributed by atoms with van der Waals surface area (Å²) in [5.41, 5.74) is 9.15. The Morgan fingerprint density at radius 2 is 0.846 bits per heavy atom. The fraction of sp³-hybridized carbons (Fsp3) is 0. The first-order valence-corrected chi connectivity index (χ1v) is 20.3. The first-order chi connectivity index (χ1) is 31.8. The molecule has 2 heterocycles. The zero-order valence-electron chi connectivity index (χ0n) is 34.0. The number of hydrogen-bond donors (Lipinski definition) is 0. The molecule has 8 nitrogen and oxygen atoms in total. The molecule has 0 atom stereocenters. The number of nitriles is 4. The van der Waals surface area contributed by atoms with E-state index in [2.05, 4.69) is 24.3 Å². The van der Waals surface area contributed by atoms with Gasteiger partial charge in [0.05, 0.1) is 57.6 Å². The summed E-state index contributed by atoms with van der Waals surface area (Å²) in [5.74, 6) is -0.358. The van der Waals surface area contributed by atoms with Crippen LogP contribution in [0.3, 0.4) is 0 Å². The predicted molar refractivity (Wildman–Crippen MR) is 246 cm³/mol. The topological polar surface area (TPSA) is 139 Å². The predicted octanol–water partition coefficient (Wildman–Crippen LogP) is 12.7. The van der Waals surface area contributed by atoms with E-state index in [0.717, 1.165) is 50.1 Å². The molecule has 10 rings (SSSR count). The molecule has 0 aliphatic rings. The molecule has 0 unspecified atom stereocenters. The first-order valence-electron chi connectivity index (χ1n) is 20.3. The molecule has 0 spiro atoms. The van der Waals surface area contributed by atoms with Gasteiger partial charge in [-0.15, -0.1) is 0 Å². The minimum atomic E-state index is -0.752. The average molecular weight is 839 g/mol. The van der Waals surface area contributed by atoms with Gasteiger partial charge < -0.3 is 4.57 Å². The van der Waals surface area contributed by atoms with E-state index in [1.54, 1.807) is 36.4 Å². The molecule has 2 aromatic heterocycles. The smallest absolute Gasteiger partial charge is 0.164 e. The van der Waals surface area contributed by atoms with E-state index in [9.17, 15) is 21.0 Å². The van der Waals surface area contributed by atoms with Crippen molar-refractivity contribution >= 4 is 21.8 Å². The van der Waals surface area contributed by atoms with E-state index in [1.165, 1.54) is 12.1 Å². The van der Waals surface area contributed by atoms with E-state index >= 15 is 8.78 Å². The highest BCUT2D eigenvalue weighted by atomic mass is 19.1. The van der Waals surface area contributed by atoms with Crippen LogP contribution in [0.15, 0.2) is 170 Å². The number of hydrogen-bond acceptors (Lipinski definition) is 7. The largest absolute Gasteiger partial charge is 0.309 e. The summed E-state index contributed by atoms with van der Waals surface area (Å²) in [4.78, 5) is 14.7. The van der Waals surface area contributed by atoms with E-state index in [4.69, 9.17) is 15.0 Å². The molecule has 65 heavy (non-hydrogen) atoms. The second-order valence-corrected chi connectivity index (χ2v) is 15.2. The molecule has 8 aromatic carbocycles. The van der Waals surface area contributed by atoms with Gasteiger partial charge in [0.15, 0.2) is 17.5 Å². The van der Waals surface area contributed by atoms with Crippen LogP contribution in [-0.2, 0) is 0 Å². The average Bonchev–Trinajstić information content (AvgIpc) is 3.68. The Morgan fingerprint density at radius 1 is 0.369 bits per heavy atom. The van der Waals surface area contributed by atoms with Crippen molar-refractivity contribution in [2.24, 2.45) is 0 Å². The van der Waals surface area contributed by atoms with Crippen LogP contribution >= 0.6 is 0 Å². The Hall–Kier alpha value is -9.61. The maximum atomic E-state index is 15.2. The number of nitrogens with zero attached hydrogens (tertiary/aromatic N) is 8. The lowest BCUT2D eigenvalue weighted by atomic mass is 9.95. The molecule has 0 aliphatic carbocycles. The Bertz CT molecular complexity index is 3530. The van der Waals surface area contributed by atoms with Crippen molar-refractivity contribution in [1.82, 2.24) is 19.5 Å². The molecule has 0 radical (unpaired) electrons. The molecule has 10 heteroatoms. The Balaban J connectivity index is 1.24. The summed E-state index contributed by atoms with van der Waals surface area (Å²) in [6, 6.07) is 58.4. The summed E-state index contributed by atoms with van der Waals surface area (Å²) < 4.78 is 32.4. The number of aromatic nitrogens is 4. The van der Waals surface area contributed by atoms with E-state index in [-0.39, 0.29) is 5.56 Å². The summed E-state index contributed by atoms with van der Waals surface area (Å²) in [6.45, 7) is 0. The van der Waals surface area contributed by atoms with Gasteiger partial charge in [-0.2, -0.15) is 21.0 Å². The van der Waals surface area contributed by atoms with Gasteiger partial charge in [-0.05, 0) is 112 Å². The lowest BCUT2D eigenvalue weighted by Gasteiger charge is -2.16. The maximum Gasteiger partial charge on any atom is 0.164 e. The minimum absolute atomic E-state index is 0.266. The van der Waals surface area contributed by atoms with Crippen molar-refractivity contribution in [2.75, 3.05) is 0 Å². The third kappa shape index (κ3) is 7.26. The number of benzene rings is 8.